The van der Waals surface area contributed by atoms with E-state index >= 15 is 0 Å². The normalized spacial score (nSPS) is 19.5. The molecule has 0 amide bonds. The number of hydrogen-bond acceptors (Lipinski definition) is 4. The number of fused-ring (bicyclic) bond motifs is 1. The van der Waals surface area contributed by atoms with Gasteiger partial charge in [0, 0.05) is 34.2 Å². The van der Waals surface area contributed by atoms with E-state index in [2.05, 4.69) is 60.7 Å². The monoisotopic (exact) mass is 390 g/mol. The second-order valence-electron chi connectivity index (χ2n) is 6.37. The van der Waals surface area contributed by atoms with E-state index in [1.165, 1.54) is 30.8 Å². The first kappa shape index (κ1) is 15.3. The quantitative estimate of drug-likeness (QED) is 0.661. The average molecular weight is 391 g/mol. The third-order valence-corrected chi connectivity index (χ3v) is 5.81. The Morgan fingerprint density at radius 3 is 3.09 bits per heavy atom. The van der Waals surface area contributed by atoms with Crippen molar-refractivity contribution in [3.05, 3.63) is 39.8 Å². The minimum Gasteiger partial charge on any atom is -0.298 e. The summed E-state index contributed by atoms with van der Waals surface area (Å²) < 4.78 is 3.18. The van der Waals surface area contributed by atoms with E-state index in [9.17, 15) is 0 Å². The topological polar surface area (TPSA) is 33.4 Å². The van der Waals surface area contributed by atoms with Gasteiger partial charge in [0.1, 0.15) is 0 Å². The predicted molar refractivity (Wildman–Crippen MR) is 97.7 cm³/mol. The number of benzene rings is 1. The molecule has 0 bridgehead atoms. The number of aromatic nitrogens is 3. The van der Waals surface area contributed by atoms with Crippen LogP contribution >= 0.6 is 27.3 Å². The molecule has 1 aromatic carbocycles. The highest BCUT2D eigenvalue weighted by Gasteiger charge is 2.18. The van der Waals surface area contributed by atoms with E-state index in [1.807, 2.05) is 12.1 Å². The van der Waals surface area contributed by atoms with Crippen LogP contribution in [0.4, 0.5) is 0 Å². The van der Waals surface area contributed by atoms with Crippen molar-refractivity contribution in [2.24, 2.45) is 5.92 Å². The highest BCUT2D eigenvalue weighted by Crippen LogP contribution is 2.27. The van der Waals surface area contributed by atoms with E-state index in [1.54, 1.807) is 11.3 Å². The van der Waals surface area contributed by atoms with Crippen molar-refractivity contribution in [2.75, 3.05) is 13.1 Å². The van der Waals surface area contributed by atoms with Crippen LogP contribution in [0.3, 0.4) is 0 Å². The Labute approximate surface area is 148 Å². The number of halogens is 1. The smallest absolute Gasteiger partial charge is 0.216 e. The van der Waals surface area contributed by atoms with Crippen LogP contribution in [0, 0.1) is 5.92 Å². The van der Waals surface area contributed by atoms with Gasteiger partial charge in [-0.25, -0.2) is 0 Å². The fraction of sp³-hybridized carbons (Fsp3) is 0.412. The van der Waals surface area contributed by atoms with Crippen LogP contribution < -0.4 is 0 Å². The Balaban J connectivity index is 1.61. The number of piperidine rings is 1. The Morgan fingerprint density at radius 1 is 1.35 bits per heavy atom. The molecule has 1 aliphatic heterocycles. The maximum absolute atomic E-state index is 4.36. The maximum Gasteiger partial charge on any atom is 0.216 e. The molecule has 0 N–H and O–H groups in total. The highest BCUT2D eigenvalue weighted by atomic mass is 79.9. The Kier molecular flexibility index (Phi) is 4.22. The molecule has 4 rings (SSSR count). The molecular weight excluding hydrogens is 372 g/mol. The van der Waals surface area contributed by atoms with Gasteiger partial charge in [-0.1, -0.05) is 46.3 Å². The minimum absolute atomic E-state index is 0.812. The number of hydrogen-bond donors (Lipinski definition) is 0. The van der Waals surface area contributed by atoms with E-state index in [-0.39, 0.29) is 0 Å². The molecular formula is C17H19BrN4S. The number of rotatable bonds is 3. The van der Waals surface area contributed by atoms with Gasteiger partial charge in [-0.3, -0.25) is 9.30 Å². The zero-order chi connectivity index (χ0) is 15.8. The molecule has 1 aliphatic rings. The molecule has 2 aromatic heterocycles. The Morgan fingerprint density at radius 2 is 2.26 bits per heavy atom. The molecule has 23 heavy (non-hydrogen) atoms. The van der Waals surface area contributed by atoms with Crippen LogP contribution in [0.15, 0.2) is 34.9 Å². The van der Waals surface area contributed by atoms with Crippen LogP contribution in [-0.2, 0) is 6.54 Å². The molecule has 1 atom stereocenters. The van der Waals surface area contributed by atoms with Gasteiger partial charge in [0.15, 0.2) is 5.82 Å². The third-order valence-electron chi connectivity index (χ3n) is 4.36. The Hall–Kier alpha value is -1.24. The molecule has 0 radical (unpaired) electrons. The van der Waals surface area contributed by atoms with Crippen molar-refractivity contribution in [3.63, 3.8) is 0 Å². The van der Waals surface area contributed by atoms with Crippen molar-refractivity contribution in [2.45, 2.75) is 26.3 Å². The fourth-order valence-electron chi connectivity index (χ4n) is 3.30. The first-order valence-corrected chi connectivity index (χ1v) is 9.62. The molecule has 0 aliphatic carbocycles. The molecule has 3 aromatic rings. The molecule has 4 nitrogen and oxygen atoms in total. The average Bonchev–Trinajstić information content (AvgIpc) is 3.07. The molecule has 0 unspecified atom stereocenters. The van der Waals surface area contributed by atoms with Gasteiger partial charge in [0.2, 0.25) is 4.96 Å². The van der Waals surface area contributed by atoms with Gasteiger partial charge >= 0.3 is 0 Å². The van der Waals surface area contributed by atoms with E-state index < -0.39 is 0 Å². The van der Waals surface area contributed by atoms with Crippen molar-refractivity contribution >= 4 is 32.2 Å². The Bertz CT molecular complexity index is 825. The molecule has 6 heteroatoms. The first-order valence-electron chi connectivity index (χ1n) is 8.01. The summed E-state index contributed by atoms with van der Waals surface area (Å²) in [4.78, 5) is 4.89. The summed E-state index contributed by atoms with van der Waals surface area (Å²) in [5.41, 5.74) is 1.09. The number of thiazole rings is 1. The second-order valence-corrected chi connectivity index (χ2v) is 8.38. The van der Waals surface area contributed by atoms with Crippen LogP contribution in [0.2, 0.25) is 0 Å². The summed E-state index contributed by atoms with van der Waals surface area (Å²) in [7, 11) is 0. The molecule has 0 saturated carbocycles. The van der Waals surface area contributed by atoms with Crippen LogP contribution in [0.1, 0.15) is 24.6 Å². The van der Waals surface area contributed by atoms with Gasteiger partial charge in [-0.2, -0.15) is 0 Å². The first-order chi connectivity index (χ1) is 11.2. The van der Waals surface area contributed by atoms with Crippen LogP contribution in [-0.4, -0.2) is 32.6 Å². The third kappa shape index (κ3) is 3.20. The number of nitrogens with zero attached hydrogens (tertiary/aromatic N) is 4. The SMILES string of the molecule is C[C@@H]1CCCN(Cc2cn3c(-c4cccc(Br)c4)nnc3s2)C1. The van der Waals surface area contributed by atoms with Crippen molar-refractivity contribution < 1.29 is 0 Å². The summed E-state index contributed by atoms with van der Waals surface area (Å²) >= 11 is 5.27. The van der Waals surface area contributed by atoms with Gasteiger partial charge in [0.25, 0.3) is 0 Å². The van der Waals surface area contributed by atoms with Crippen molar-refractivity contribution in [1.29, 1.82) is 0 Å². The van der Waals surface area contributed by atoms with Crippen LogP contribution in [0.5, 0.6) is 0 Å². The van der Waals surface area contributed by atoms with E-state index in [0.29, 0.717) is 0 Å². The minimum atomic E-state index is 0.812. The molecule has 1 saturated heterocycles. The summed E-state index contributed by atoms with van der Waals surface area (Å²) in [6, 6.07) is 8.21. The molecule has 3 heterocycles. The van der Waals surface area contributed by atoms with Gasteiger partial charge in [-0.05, 0) is 37.4 Å². The zero-order valence-electron chi connectivity index (χ0n) is 13.1. The molecule has 1 fully saturated rings. The van der Waals surface area contributed by atoms with E-state index in [4.69, 9.17) is 0 Å². The predicted octanol–water partition coefficient (Wildman–Crippen LogP) is 4.45. The maximum atomic E-state index is 4.36. The zero-order valence-corrected chi connectivity index (χ0v) is 15.5. The lowest BCUT2D eigenvalue weighted by atomic mass is 10.0. The lowest BCUT2D eigenvalue weighted by Crippen LogP contribution is -2.33. The van der Waals surface area contributed by atoms with Crippen molar-refractivity contribution in [1.82, 2.24) is 19.5 Å². The molecule has 120 valence electrons. The summed E-state index contributed by atoms with van der Waals surface area (Å²) in [6.45, 7) is 5.79. The standard InChI is InChI=1S/C17H19BrN4S/c1-12-4-3-7-21(9-12)10-15-11-22-16(19-20-17(22)23-15)13-5-2-6-14(18)8-13/h2,5-6,8,11-12H,3-4,7,9-10H2,1H3/t12-/m1/s1. The number of likely N-dealkylation sites (tertiary alicyclic amines) is 1. The second kappa shape index (κ2) is 6.34. The highest BCUT2D eigenvalue weighted by molar-refractivity contribution is 9.10. The lowest BCUT2D eigenvalue weighted by molar-refractivity contribution is 0.178. The van der Waals surface area contributed by atoms with Crippen LogP contribution in [0.25, 0.3) is 16.3 Å². The summed E-state index contributed by atoms with van der Waals surface area (Å²) in [5.74, 6) is 1.72. The van der Waals surface area contributed by atoms with Gasteiger partial charge in [0.05, 0.1) is 0 Å². The van der Waals surface area contributed by atoms with Gasteiger partial charge in [-0.15, -0.1) is 10.2 Å². The molecule has 0 spiro atoms. The summed E-state index contributed by atoms with van der Waals surface area (Å²) in [6.07, 6.45) is 4.88. The summed E-state index contributed by atoms with van der Waals surface area (Å²) in [5, 5.41) is 8.71. The fourth-order valence-corrected chi connectivity index (χ4v) is 4.66. The lowest BCUT2D eigenvalue weighted by Gasteiger charge is -2.30. The largest absolute Gasteiger partial charge is 0.298 e. The van der Waals surface area contributed by atoms with Crippen molar-refractivity contribution in [3.8, 4) is 11.4 Å². The van der Waals surface area contributed by atoms with Gasteiger partial charge < -0.3 is 0 Å². The van der Waals surface area contributed by atoms with E-state index in [0.717, 1.165) is 33.3 Å².